The fourth-order valence-electron chi connectivity index (χ4n) is 1.71. The SMILES string of the molecule is CNCCN(C)c1ncc(-c2cccc(Br)c2)cn1. The summed E-state index contributed by atoms with van der Waals surface area (Å²) in [7, 11) is 3.93. The minimum Gasteiger partial charge on any atom is -0.343 e. The number of aromatic nitrogens is 2. The van der Waals surface area contributed by atoms with E-state index < -0.39 is 0 Å². The maximum atomic E-state index is 4.41. The maximum absolute atomic E-state index is 4.41. The third kappa shape index (κ3) is 3.75. The van der Waals surface area contributed by atoms with Crippen LogP contribution in [0.25, 0.3) is 11.1 Å². The summed E-state index contributed by atoms with van der Waals surface area (Å²) in [6.07, 6.45) is 3.72. The molecule has 1 N–H and O–H groups in total. The lowest BCUT2D eigenvalue weighted by Crippen LogP contribution is -2.28. The zero-order valence-electron chi connectivity index (χ0n) is 11.1. The summed E-state index contributed by atoms with van der Waals surface area (Å²) < 4.78 is 1.06. The molecule has 0 radical (unpaired) electrons. The average Bonchev–Trinajstić information content (AvgIpc) is 2.45. The van der Waals surface area contributed by atoms with Crippen LogP contribution in [0, 0.1) is 0 Å². The first-order valence-corrected chi connectivity index (χ1v) is 6.93. The molecular formula is C14H17BrN4. The maximum Gasteiger partial charge on any atom is 0.225 e. The zero-order valence-corrected chi connectivity index (χ0v) is 12.7. The Morgan fingerprint density at radius 2 is 1.95 bits per heavy atom. The van der Waals surface area contributed by atoms with Gasteiger partial charge in [0.15, 0.2) is 0 Å². The number of nitrogens with one attached hydrogen (secondary N) is 1. The largest absolute Gasteiger partial charge is 0.343 e. The van der Waals surface area contributed by atoms with Gasteiger partial charge in [-0.2, -0.15) is 0 Å². The van der Waals surface area contributed by atoms with Crippen LogP contribution in [0.4, 0.5) is 5.95 Å². The Labute approximate surface area is 122 Å². The van der Waals surface area contributed by atoms with Crippen molar-refractivity contribution in [3.05, 3.63) is 41.1 Å². The van der Waals surface area contributed by atoms with Crippen LogP contribution in [0.2, 0.25) is 0 Å². The van der Waals surface area contributed by atoms with Gasteiger partial charge in [0.1, 0.15) is 0 Å². The summed E-state index contributed by atoms with van der Waals surface area (Å²) in [4.78, 5) is 10.8. The van der Waals surface area contributed by atoms with Crippen LogP contribution < -0.4 is 10.2 Å². The van der Waals surface area contributed by atoms with Crippen molar-refractivity contribution >= 4 is 21.9 Å². The van der Waals surface area contributed by atoms with Crippen molar-refractivity contribution in [1.82, 2.24) is 15.3 Å². The normalized spacial score (nSPS) is 10.5. The van der Waals surface area contributed by atoms with E-state index in [1.54, 1.807) is 0 Å². The van der Waals surface area contributed by atoms with Gasteiger partial charge in [-0.3, -0.25) is 0 Å². The summed E-state index contributed by atoms with van der Waals surface area (Å²) in [5.74, 6) is 0.744. The third-order valence-electron chi connectivity index (χ3n) is 2.83. The third-order valence-corrected chi connectivity index (χ3v) is 3.33. The smallest absolute Gasteiger partial charge is 0.225 e. The predicted octanol–water partition coefficient (Wildman–Crippen LogP) is 2.56. The van der Waals surface area contributed by atoms with Gasteiger partial charge >= 0.3 is 0 Å². The van der Waals surface area contributed by atoms with Gasteiger partial charge in [0.05, 0.1) is 0 Å². The van der Waals surface area contributed by atoms with Crippen molar-refractivity contribution < 1.29 is 0 Å². The minimum atomic E-state index is 0.744. The Morgan fingerprint density at radius 1 is 1.21 bits per heavy atom. The molecule has 0 bridgehead atoms. The number of nitrogens with zero attached hydrogens (tertiary/aromatic N) is 3. The van der Waals surface area contributed by atoms with Gasteiger partial charge in [-0.05, 0) is 24.7 Å². The van der Waals surface area contributed by atoms with Crippen LogP contribution in [0.1, 0.15) is 0 Å². The van der Waals surface area contributed by atoms with E-state index in [4.69, 9.17) is 0 Å². The van der Waals surface area contributed by atoms with E-state index in [2.05, 4.69) is 37.3 Å². The second-order valence-corrected chi connectivity index (χ2v) is 5.22. The zero-order chi connectivity index (χ0) is 13.7. The number of likely N-dealkylation sites (N-methyl/N-ethyl adjacent to an activating group) is 2. The highest BCUT2D eigenvalue weighted by molar-refractivity contribution is 9.10. The summed E-state index contributed by atoms with van der Waals surface area (Å²) in [5.41, 5.74) is 2.13. The van der Waals surface area contributed by atoms with Crippen molar-refractivity contribution in [2.75, 3.05) is 32.1 Å². The standard InChI is InChI=1S/C14H17BrN4/c1-16-6-7-19(2)14-17-9-12(10-18-14)11-4-3-5-13(15)8-11/h3-5,8-10,16H,6-7H2,1-2H3. The van der Waals surface area contributed by atoms with E-state index in [0.29, 0.717) is 0 Å². The Morgan fingerprint density at radius 3 is 2.58 bits per heavy atom. The fraction of sp³-hybridized carbons (Fsp3) is 0.286. The molecule has 0 unspecified atom stereocenters. The van der Waals surface area contributed by atoms with Gasteiger partial charge in [0.2, 0.25) is 5.95 Å². The van der Waals surface area contributed by atoms with Gasteiger partial charge in [-0.15, -0.1) is 0 Å². The first kappa shape index (κ1) is 14.0. The lowest BCUT2D eigenvalue weighted by molar-refractivity contribution is 0.753. The number of hydrogen-bond acceptors (Lipinski definition) is 4. The van der Waals surface area contributed by atoms with Gasteiger partial charge in [0, 0.05) is 42.6 Å². The quantitative estimate of drug-likeness (QED) is 0.919. The number of benzene rings is 1. The van der Waals surface area contributed by atoms with Crippen molar-refractivity contribution in [3.63, 3.8) is 0 Å². The number of rotatable bonds is 5. The van der Waals surface area contributed by atoms with E-state index in [1.807, 2.05) is 49.6 Å². The molecule has 0 aliphatic carbocycles. The Kier molecular flexibility index (Phi) is 4.87. The molecule has 2 rings (SSSR count). The molecule has 0 saturated heterocycles. The Bertz CT molecular complexity index is 527. The van der Waals surface area contributed by atoms with Crippen LogP contribution in [0.15, 0.2) is 41.1 Å². The lowest BCUT2D eigenvalue weighted by Gasteiger charge is -2.16. The fourth-order valence-corrected chi connectivity index (χ4v) is 2.11. The summed E-state index contributed by atoms with van der Waals surface area (Å²) >= 11 is 3.47. The molecule has 1 aromatic carbocycles. The monoisotopic (exact) mass is 320 g/mol. The number of hydrogen-bond donors (Lipinski definition) is 1. The van der Waals surface area contributed by atoms with Crippen molar-refractivity contribution in [2.24, 2.45) is 0 Å². The topological polar surface area (TPSA) is 41.0 Å². The molecular weight excluding hydrogens is 304 g/mol. The second-order valence-electron chi connectivity index (χ2n) is 4.31. The molecule has 0 atom stereocenters. The second kappa shape index (κ2) is 6.63. The molecule has 0 fully saturated rings. The lowest BCUT2D eigenvalue weighted by atomic mass is 10.1. The molecule has 0 amide bonds. The number of anilines is 1. The first-order chi connectivity index (χ1) is 9.20. The molecule has 0 aliphatic heterocycles. The molecule has 19 heavy (non-hydrogen) atoms. The van der Waals surface area contributed by atoms with E-state index >= 15 is 0 Å². The van der Waals surface area contributed by atoms with Gasteiger partial charge in [-0.25, -0.2) is 9.97 Å². The van der Waals surface area contributed by atoms with Crippen LogP contribution in [-0.4, -0.2) is 37.2 Å². The van der Waals surface area contributed by atoms with E-state index in [-0.39, 0.29) is 0 Å². The van der Waals surface area contributed by atoms with Crippen LogP contribution in [-0.2, 0) is 0 Å². The van der Waals surface area contributed by atoms with E-state index in [0.717, 1.165) is 34.6 Å². The first-order valence-electron chi connectivity index (χ1n) is 6.14. The number of halogens is 1. The van der Waals surface area contributed by atoms with E-state index in [1.165, 1.54) is 0 Å². The minimum absolute atomic E-state index is 0.744. The predicted molar refractivity (Wildman–Crippen MR) is 82.4 cm³/mol. The molecule has 1 heterocycles. The molecule has 0 aliphatic rings. The summed E-state index contributed by atoms with van der Waals surface area (Å²) in [6, 6.07) is 8.12. The molecule has 2 aromatic rings. The molecule has 0 spiro atoms. The van der Waals surface area contributed by atoms with Gasteiger partial charge in [-0.1, -0.05) is 28.1 Å². The highest BCUT2D eigenvalue weighted by Gasteiger charge is 2.04. The summed E-state index contributed by atoms with van der Waals surface area (Å²) in [5, 5.41) is 3.11. The highest BCUT2D eigenvalue weighted by Crippen LogP contribution is 2.22. The highest BCUT2D eigenvalue weighted by atomic mass is 79.9. The van der Waals surface area contributed by atoms with E-state index in [9.17, 15) is 0 Å². The molecule has 0 saturated carbocycles. The summed E-state index contributed by atoms with van der Waals surface area (Å²) in [6.45, 7) is 1.79. The molecule has 5 heteroatoms. The average molecular weight is 321 g/mol. The Balaban J connectivity index is 2.14. The van der Waals surface area contributed by atoms with Crippen molar-refractivity contribution in [3.8, 4) is 11.1 Å². The Hall–Kier alpha value is -1.46. The molecule has 1 aromatic heterocycles. The van der Waals surface area contributed by atoms with Crippen LogP contribution >= 0.6 is 15.9 Å². The molecule has 100 valence electrons. The van der Waals surface area contributed by atoms with Gasteiger partial charge in [0.25, 0.3) is 0 Å². The van der Waals surface area contributed by atoms with Crippen LogP contribution in [0.5, 0.6) is 0 Å². The molecule has 4 nitrogen and oxygen atoms in total. The van der Waals surface area contributed by atoms with Crippen LogP contribution in [0.3, 0.4) is 0 Å². The van der Waals surface area contributed by atoms with Crippen molar-refractivity contribution in [2.45, 2.75) is 0 Å². The van der Waals surface area contributed by atoms with Gasteiger partial charge < -0.3 is 10.2 Å². The van der Waals surface area contributed by atoms with Crippen molar-refractivity contribution in [1.29, 1.82) is 0 Å².